The van der Waals surface area contributed by atoms with Crippen LogP contribution in [0.25, 0.3) is 0 Å². The molecule has 2 N–H and O–H groups in total. The van der Waals surface area contributed by atoms with E-state index >= 15 is 0 Å². The highest BCUT2D eigenvalue weighted by atomic mass is 79.9. The molecule has 0 aliphatic heterocycles. The summed E-state index contributed by atoms with van der Waals surface area (Å²) in [5.74, 6) is -0.0136. The van der Waals surface area contributed by atoms with Crippen LogP contribution < -0.4 is 5.32 Å². The van der Waals surface area contributed by atoms with Crippen LogP contribution in [0.1, 0.15) is 44.0 Å². The molecule has 19 heavy (non-hydrogen) atoms. The number of aromatic nitrogens is 2. The predicted octanol–water partition coefficient (Wildman–Crippen LogP) is 1.54. The van der Waals surface area contributed by atoms with E-state index in [0.29, 0.717) is 6.54 Å². The van der Waals surface area contributed by atoms with Crippen LogP contribution in [-0.2, 0) is 17.8 Å². The monoisotopic (exact) mass is 329 g/mol. The Morgan fingerprint density at radius 2 is 2.42 bits per heavy atom. The van der Waals surface area contributed by atoms with Crippen LogP contribution in [0.3, 0.4) is 0 Å². The van der Waals surface area contributed by atoms with E-state index in [1.165, 1.54) is 0 Å². The van der Waals surface area contributed by atoms with E-state index in [4.69, 9.17) is 5.11 Å². The van der Waals surface area contributed by atoms with E-state index < -0.39 is 4.32 Å². The first kappa shape index (κ1) is 14.5. The van der Waals surface area contributed by atoms with Gasteiger partial charge >= 0.3 is 0 Å². The molecule has 1 heterocycles. The summed E-state index contributed by atoms with van der Waals surface area (Å²) in [6.45, 7) is 4.27. The molecule has 1 amide bonds. The van der Waals surface area contributed by atoms with Gasteiger partial charge in [-0.2, -0.15) is 5.10 Å². The van der Waals surface area contributed by atoms with E-state index in [-0.39, 0.29) is 18.6 Å². The molecule has 1 aromatic rings. The van der Waals surface area contributed by atoms with E-state index in [1.807, 2.05) is 24.7 Å². The van der Waals surface area contributed by atoms with E-state index in [9.17, 15) is 4.79 Å². The van der Waals surface area contributed by atoms with Gasteiger partial charge in [0.05, 0.1) is 29.7 Å². The number of fused-ring (bicyclic) bond motifs is 1. The van der Waals surface area contributed by atoms with Gasteiger partial charge in [-0.1, -0.05) is 15.9 Å². The predicted molar refractivity (Wildman–Crippen MR) is 76.1 cm³/mol. The zero-order valence-corrected chi connectivity index (χ0v) is 12.9. The van der Waals surface area contributed by atoms with Crippen molar-refractivity contribution in [2.75, 3.05) is 6.61 Å². The topological polar surface area (TPSA) is 67.2 Å². The van der Waals surface area contributed by atoms with Crippen LogP contribution in [0.4, 0.5) is 0 Å². The van der Waals surface area contributed by atoms with Crippen molar-refractivity contribution in [1.82, 2.24) is 15.1 Å². The van der Waals surface area contributed by atoms with Gasteiger partial charge < -0.3 is 10.4 Å². The van der Waals surface area contributed by atoms with E-state index in [2.05, 4.69) is 26.3 Å². The second kappa shape index (κ2) is 5.63. The molecular weight excluding hydrogens is 310 g/mol. The lowest BCUT2D eigenvalue weighted by Gasteiger charge is -2.27. The van der Waals surface area contributed by atoms with Gasteiger partial charge in [0.1, 0.15) is 0 Å². The second-order valence-electron chi connectivity index (χ2n) is 5.38. The average Bonchev–Trinajstić information content (AvgIpc) is 2.73. The minimum Gasteiger partial charge on any atom is -0.394 e. The molecule has 5 nitrogen and oxygen atoms in total. The molecule has 0 bridgehead atoms. The first-order chi connectivity index (χ1) is 8.93. The largest absolute Gasteiger partial charge is 0.394 e. The lowest BCUT2D eigenvalue weighted by atomic mass is 9.92. The highest BCUT2D eigenvalue weighted by Gasteiger charge is 2.30. The molecule has 6 heteroatoms. The average molecular weight is 330 g/mol. The van der Waals surface area contributed by atoms with Crippen molar-refractivity contribution in [3.8, 4) is 0 Å². The van der Waals surface area contributed by atoms with Crippen molar-refractivity contribution in [2.45, 2.75) is 50.0 Å². The molecule has 1 aliphatic carbocycles. The van der Waals surface area contributed by atoms with Gasteiger partial charge in [0, 0.05) is 11.3 Å². The molecule has 0 aromatic carbocycles. The number of aliphatic hydroxyl groups excluding tert-OH is 1. The Morgan fingerprint density at radius 3 is 3.05 bits per heavy atom. The van der Waals surface area contributed by atoms with Crippen molar-refractivity contribution >= 4 is 21.8 Å². The summed E-state index contributed by atoms with van der Waals surface area (Å²) in [4.78, 5) is 12.0. The third kappa shape index (κ3) is 3.17. The lowest BCUT2D eigenvalue weighted by molar-refractivity contribution is -0.123. The highest BCUT2D eigenvalue weighted by Crippen LogP contribution is 2.30. The summed E-state index contributed by atoms with van der Waals surface area (Å²) in [5, 5.41) is 16.4. The van der Waals surface area contributed by atoms with Crippen LogP contribution in [0, 0.1) is 0 Å². The molecule has 1 atom stereocenters. The first-order valence-electron chi connectivity index (χ1n) is 6.59. The van der Waals surface area contributed by atoms with Crippen molar-refractivity contribution in [3.63, 3.8) is 0 Å². The number of amides is 1. The lowest BCUT2D eigenvalue weighted by Crippen LogP contribution is -2.40. The number of carbonyl (C=O) groups excluding carboxylic acids is 1. The van der Waals surface area contributed by atoms with Gasteiger partial charge in [-0.25, -0.2) is 0 Å². The third-order valence-corrected chi connectivity index (χ3v) is 3.78. The van der Waals surface area contributed by atoms with Crippen LogP contribution in [-0.4, -0.2) is 31.7 Å². The molecule has 0 radical (unpaired) electrons. The molecule has 1 unspecified atom stereocenters. The number of nitrogens with one attached hydrogen (secondary N) is 1. The zero-order chi connectivity index (χ0) is 14.0. The Labute approximate surface area is 121 Å². The molecule has 0 spiro atoms. The second-order valence-corrected chi connectivity index (χ2v) is 7.37. The quantitative estimate of drug-likeness (QED) is 0.823. The molecule has 106 valence electrons. The summed E-state index contributed by atoms with van der Waals surface area (Å²) in [7, 11) is 0. The standard InChI is InChI=1S/C13H20BrN3O2/c1-13(2,14)12(19)16-10-4-3-5-11-9(10)8-15-17(11)6-7-18/h8,10,18H,3-7H2,1-2H3,(H,16,19). The summed E-state index contributed by atoms with van der Waals surface area (Å²) < 4.78 is 1.28. The van der Waals surface area contributed by atoms with Crippen molar-refractivity contribution in [2.24, 2.45) is 0 Å². The van der Waals surface area contributed by atoms with Crippen LogP contribution in [0.5, 0.6) is 0 Å². The van der Waals surface area contributed by atoms with Crippen molar-refractivity contribution in [3.05, 3.63) is 17.5 Å². The fourth-order valence-electron chi connectivity index (χ4n) is 2.39. The smallest absolute Gasteiger partial charge is 0.236 e. The molecule has 0 saturated heterocycles. The Morgan fingerprint density at radius 1 is 1.68 bits per heavy atom. The molecule has 0 saturated carbocycles. The summed E-state index contributed by atoms with van der Waals surface area (Å²) >= 11 is 3.37. The summed E-state index contributed by atoms with van der Waals surface area (Å²) in [6.07, 6.45) is 4.74. The van der Waals surface area contributed by atoms with Crippen LogP contribution in [0.2, 0.25) is 0 Å². The fraction of sp³-hybridized carbons (Fsp3) is 0.692. The highest BCUT2D eigenvalue weighted by molar-refractivity contribution is 9.10. The number of aliphatic hydroxyl groups is 1. The minimum absolute atomic E-state index is 0.0136. The Bertz CT molecular complexity index is 465. The number of nitrogens with zero attached hydrogens (tertiary/aromatic N) is 2. The van der Waals surface area contributed by atoms with E-state index in [0.717, 1.165) is 30.5 Å². The number of rotatable bonds is 4. The SMILES string of the molecule is CC(C)(Br)C(=O)NC1CCCc2c1cnn2CCO. The van der Waals surface area contributed by atoms with Gasteiger partial charge in [0.2, 0.25) is 5.91 Å². The maximum absolute atomic E-state index is 12.0. The van der Waals surface area contributed by atoms with E-state index in [1.54, 1.807) is 0 Å². The summed E-state index contributed by atoms with van der Waals surface area (Å²) in [6, 6.07) is 0.0283. The van der Waals surface area contributed by atoms with Crippen molar-refractivity contribution < 1.29 is 9.90 Å². The molecular formula is C13H20BrN3O2. The van der Waals surface area contributed by atoms with Gasteiger partial charge in [-0.15, -0.1) is 0 Å². The molecule has 2 rings (SSSR count). The number of hydrogen-bond acceptors (Lipinski definition) is 3. The fourth-order valence-corrected chi connectivity index (χ4v) is 2.50. The number of carbonyl (C=O) groups is 1. The molecule has 1 aliphatic rings. The van der Waals surface area contributed by atoms with Crippen LogP contribution in [0.15, 0.2) is 6.20 Å². The number of halogens is 1. The zero-order valence-electron chi connectivity index (χ0n) is 11.3. The molecule has 0 fully saturated rings. The molecule has 1 aromatic heterocycles. The van der Waals surface area contributed by atoms with Gasteiger partial charge in [-0.05, 0) is 33.1 Å². The van der Waals surface area contributed by atoms with Gasteiger partial charge in [0.25, 0.3) is 0 Å². The van der Waals surface area contributed by atoms with Crippen molar-refractivity contribution in [1.29, 1.82) is 0 Å². The van der Waals surface area contributed by atoms with Gasteiger partial charge in [0.15, 0.2) is 0 Å². The normalized spacial score (nSPS) is 19.1. The Balaban J connectivity index is 2.17. The first-order valence-corrected chi connectivity index (χ1v) is 7.38. The minimum atomic E-state index is -0.564. The number of alkyl halides is 1. The van der Waals surface area contributed by atoms with Crippen LogP contribution >= 0.6 is 15.9 Å². The maximum atomic E-state index is 12.0. The number of hydrogen-bond donors (Lipinski definition) is 2. The maximum Gasteiger partial charge on any atom is 0.236 e. The van der Waals surface area contributed by atoms with Gasteiger partial charge in [-0.3, -0.25) is 9.48 Å². The summed E-state index contributed by atoms with van der Waals surface area (Å²) in [5.41, 5.74) is 2.22. The Hall–Kier alpha value is -0.880. The third-order valence-electron chi connectivity index (χ3n) is 3.42. The Kier molecular flexibility index (Phi) is 4.30.